The quantitative estimate of drug-likeness (QED) is 0.759. The highest BCUT2D eigenvalue weighted by molar-refractivity contribution is 6.27. The largest absolute Gasteiger partial charge is 0.507 e. The predicted molar refractivity (Wildman–Crippen MR) is 86.0 cm³/mol. The summed E-state index contributed by atoms with van der Waals surface area (Å²) in [6, 6.07) is 9.86. The van der Waals surface area contributed by atoms with E-state index < -0.39 is 11.6 Å². The summed E-state index contributed by atoms with van der Waals surface area (Å²) in [6.45, 7) is 2.04. The summed E-state index contributed by atoms with van der Waals surface area (Å²) < 4.78 is 0. The summed E-state index contributed by atoms with van der Waals surface area (Å²) >= 11 is 0. The Labute approximate surface area is 132 Å². The zero-order valence-corrected chi connectivity index (χ0v) is 12.5. The summed E-state index contributed by atoms with van der Waals surface area (Å²) in [6.07, 6.45) is 2.04. The normalized spacial score (nSPS) is 13.5. The lowest BCUT2D eigenvalue weighted by atomic mass is 9.91. The maximum Gasteiger partial charge on any atom is 0.213 e. The van der Waals surface area contributed by atoms with Crippen molar-refractivity contribution in [2.75, 3.05) is 5.32 Å². The molecule has 0 heterocycles. The van der Waals surface area contributed by atoms with Crippen molar-refractivity contribution in [2.45, 2.75) is 13.3 Å². The summed E-state index contributed by atoms with van der Waals surface area (Å²) in [4.78, 5) is 24.7. The topological polar surface area (TPSA) is 86.6 Å². The van der Waals surface area contributed by atoms with Gasteiger partial charge in [-0.3, -0.25) is 9.59 Å². The minimum absolute atomic E-state index is 0.0626. The molecule has 0 spiro atoms. The third kappa shape index (κ3) is 2.57. The number of benzene rings is 2. The second kappa shape index (κ2) is 5.61. The number of rotatable bonds is 3. The van der Waals surface area contributed by atoms with Gasteiger partial charge >= 0.3 is 0 Å². The molecule has 0 unspecified atom stereocenters. The van der Waals surface area contributed by atoms with Gasteiger partial charge in [0.15, 0.2) is 5.78 Å². The number of carbonyl (C=O) groups is 2. The smallest absolute Gasteiger partial charge is 0.213 e. The van der Waals surface area contributed by atoms with Gasteiger partial charge in [0.05, 0.1) is 16.8 Å². The number of hydrogen-bond donors (Lipinski definition) is 3. The summed E-state index contributed by atoms with van der Waals surface area (Å²) in [5.41, 5.74) is 1.54. The van der Waals surface area contributed by atoms with Gasteiger partial charge in [-0.05, 0) is 36.2 Å². The Balaban J connectivity index is 1.97. The number of allylic oxidation sites excluding steroid dienone is 2. The molecule has 2 aromatic carbocycles. The van der Waals surface area contributed by atoms with E-state index in [-0.39, 0.29) is 28.3 Å². The first-order valence-electron chi connectivity index (χ1n) is 7.23. The second-order valence-electron chi connectivity index (χ2n) is 5.28. The van der Waals surface area contributed by atoms with E-state index in [1.165, 1.54) is 12.1 Å². The second-order valence-corrected chi connectivity index (χ2v) is 5.28. The number of ketones is 2. The molecule has 0 aromatic heterocycles. The maximum absolute atomic E-state index is 12.5. The summed E-state index contributed by atoms with van der Waals surface area (Å²) in [5, 5.41) is 22.5. The van der Waals surface area contributed by atoms with Crippen LogP contribution in [-0.2, 0) is 6.42 Å². The van der Waals surface area contributed by atoms with E-state index >= 15 is 0 Å². The first-order valence-corrected chi connectivity index (χ1v) is 7.23. The average Bonchev–Trinajstić information content (AvgIpc) is 2.55. The van der Waals surface area contributed by atoms with Crippen LogP contribution in [0.15, 0.2) is 48.2 Å². The molecule has 5 heteroatoms. The minimum atomic E-state index is -0.535. The highest BCUT2D eigenvalue weighted by atomic mass is 16.3. The summed E-state index contributed by atoms with van der Waals surface area (Å²) in [5.74, 6) is -1.71. The van der Waals surface area contributed by atoms with E-state index in [4.69, 9.17) is 0 Å². The zero-order valence-electron chi connectivity index (χ0n) is 12.5. The van der Waals surface area contributed by atoms with Gasteiger partial charge in [-0.1, -0.05) is 19.1 Å². The highest BCUT2D eigenvalue weighted by Gasteiger charge is 2.31. The number of fused-ring (bicyclic) bond motifs is 1. The van der Waals surface area contributed by atoms with Crippen LogP contribution >= 0.6 is 0 Å². The van der Waals surface area contributed by atoms with Crippen molar-refractivity contribution in [3.63, 3.8) is 0 Å². The number of phenolic OH excluding ortho intramolecular Hbond substituents is 2. The summed E-state index contributed by atoms with van der Waals surface area (Å²) in [7, 11) is 0. The maximum atomic E-state index is 12.5. The third-order valence-electron chi connectivity index (χ3n) is 3.80. The van der Waals surface area contributed by atoms with Crippen LogP contribution in [0.25, 0.3) is 0 Å². The SMILES string of the molecule is CCc1ccc(NC2=CC(=O)c3c(O)ccc(O)c3C2=O)cc1. The van der Waals surface area contributed by atoms with Crippen LogP contribution in [-0.4, -0.2) is 21.8 Å². The van der Waals surface area contributed by atoms with Crippen molar-refractivity contribution in [3.05, 3.63) is 64.9 Å². The molecule has 116 valence electrons. The molecule has 0 bridgehead atoms. The van der Waals surface area contributed by atoms with E-state index in [2.05, 4.69) is 5.32 Å². The Kier molecular flexibility index (Phi) is 3.62. The molecule has 0 saturated heterocycles. The molecule has 0 fully saturated rings. The molecular formula is C18H15NO4. The number of hydrogen-bond acceptors (Lipinski definition) is 5. The Bertz CT molecular complexity index is 835. The third-order valence-corrected chi connectivity index (χ3v) is 3.80. The van der Waals surface area contributed by atoms with Gasteiger partial charge in [-0.25, -0.2) is 0 Å². The molecule has 0 radical (unpaired) electrons. The van der Waals surface area contributed by atoms with E-state index in [0.29, 0.717) is 5.69 Å². The fourth-order valence-corrected chi connectivity index (χ4v) is 2.54. The number of aromatic hydroxyl groups is 2. The zero-order chi connectivity index (χ0) is 16.6. The molecule has 0 amide bonds. The number of phenols is 2. The van der Waals surface area contributed by atoms with Crippen molar-refractivity contribution in [1.82, 2.24) is 0 Å². The van der Waals surface area contributed by atoms with E-state index in [9.17, 15) is 19.8 Å². The minimum Gasteiger partial charge on any atom is -0.507 e. The molecule has 0 aliphatic heterocycles. The van der Waals surface area contributed by atoms with Crippen LogP contribution in [0.1, 0.15) is 33.2 Å². The van der Waals surface area contributed by atoms with E-state index in [0.717, 1.165) is 18.1 Å². The lowest BCUT2D eigenvalue weighted by molar-refractivity contribution is 0.0980. The van der Waals surface area contributed by atoms with Crippen molar-refractivity contribution in [2.24, 2.45) is 0 Å². The molecule has 23 heavy (non-hydrogen) atoms. The van der Waals surface area contributed by atoms with Crippen LogP contribution in [0.2, 0.25) is 0 Å². The lowest BCUT2D eigenvalue weighted by Gasteiger charge is -2.18. The average molecular weight is 309 g/mol. The van der Waals surface area contributed by atoms with Crippen LogP contribution in [0.5, 0.6) is 11.5 Å². The molecule has 2 aromatic rings. The van der Waals surface area contributed by atoms with Crippen LogP contribution < -0.4 is 5.32 Å². The number of nitrogens with one attached hydrogen (secondary N) is 1. The van der Waals surface area contributed by atoms with Crippen LogP contribution in [0.4, 0.5) is 5.69 Å². The van der Waals surface area contributed by atoms with Gasteiger partial charge in [0.25, 0.3) is 0 Å². The molecule has 3 N–H and O–H groups in total. The number of carbonyl (C=O) groups excluding carboxylic acids is 2. The van der Waals surface area contributed by atoms with Gasteiger partial charge in [-0.2, -0.15) is 0 Å². The van der Waals surface area contributed by atoms with Crippen molar-refractivity contribution in [1.29, 1.82) is 0 Å². The van der Waals surface area contributed by atoms with Gasteiger partial charge in [0.2, 0.25) is 5.78 Å². The molecule has 0 saturated carbocycles. The van der Waals surface area contributed by atoms with Gasteiger partial charge in [0.1, 0.15) is 11.5 Å². The number of Topliss-reactive ketones (excluding diaryl/α,β-unsaturated/α-hetero) is 1. The van der Waals surface area contributed by atoms with Crippen molar-refractivity contribution in [3.8, 4) is 11.5 Å². The van der Waals surface area contributed by atoms with Crippen molar-refractivity contribution >= 4 is 17.3 Å². The monoisotopic (exact) mass is 309 g/mol. The van der Waals surface area contributed by atoms with E-state index in [1.54, 1.807) is 0 Å². The Morgan fingerprint density at radius 2 is 1.52 bits per heavy atom. The van der Waals surface area contributed by atoms with E-state index in [1.807, 2.05) is 31.2 Å². The first-order chi connectivity index (χ1) is 11.0. The molecular weight excluding hydrogens is 294 g/mol. The fraction of sp³-hybridized carbons (Fsp3) is 0.111. The molecule has 0 atom stereocenters. The molecule has 1 aliphatic carbocycles. The molecule has 3 rings (SSSR count). The van der Waals surface area contributed by atoms with Crippen molar-refractivity contribution < 1.29 is 19.8 Å². The fourth-order valence-electron chi connectivity index (χ4n) is 2.54. The number of anilines is 1. The predicted octanol–water partition coefficient (Wildman–Crippen LogP) is 3.04. The Morgan fingerprint density at radius 1 is 0.913 bits per heavy atom. The molecule has 1 aliphatic rings. The highest BCUT2D eigenvalue weighted by Crippen LogP contribution is 2.34. The Morgan fingerprint density at radius 3 is 2.13 bits per heavy atom. The van der Waals surface area contributed by atoms with Gasteiger partial charge in [0, 0.05) is 11.8 Å². The Hall–Kier alpha value is -3.08. The van der Waals surface area contributed by atoms with Crippen LogP contribution in [0, 0.1) is 0 Å². The number of aryl methyl sites for hydroxylation is 1. The standard InChI is InChI=1S/C18H15NO4/c1-2-10-3-5-11(6-4-10)19-12-9-15(22)16-13(20)7-8-14(21)17(16)18(12)23/h3-9,19-21H,2H2,1H3. The van der Waals surface area contributed by atoms with Gasteiger partial charge < -0.3 is 15.5 Å². The van der Waals surface area contributed by atoms with Crippen LogP contribution in [0.3, 0.4) is 0 Å². The molecule has 5 nitrogen and oxygen atoms in total. The lowest BCUT2D eigenvalue weighted by Crippen LogP contribution is -2.21. The van der Waals surface area contributed by atoms with Gasteiger partial charge in [-0.15, -0.1) is 0 Å². The first kappa shape index (κ1) is 14.8.